The highest BCUT2D eigenvalue weighted by Crippen LogP contribution is 2.32. The number of thiophene rings is 1. The maximum absolute atomic E-state index is 12.2. The van der Waals surface area contributed by atoms with Crippen LogP contribution >= 0.6 is 43.2 Å². The van der Waals surface area contributed by atoms with E-state index in [9.17, 15) is 9.59 Å². The number of carbonyl (C=O) groups is 2. The lowest BCUT2D eigenvalue weighted by Crippen LogP contribution is -2.39. The van der Waals surface area contributed by atoms with Crippen LogP contribution in [0.5, 0.6) is 0 Å². The third-order valence-corrected chi connectivity index (χ3v) is 5.57. The van der Waals surface area contributed by atoms with Crippen LogP contribution in [0.25, 0.3) is 0 Å². The summed E-state index contributed by atoms with van der Waals surface area (Å²) in [7, 11) is 1.81. The van der Waals surface area contributed by atoms with Crippen LogP contribution in [0.2, 0.25) is 0 Å². The van der Waals surface area contributed by atoms with Crippen molar-refractivity contribution in [1.82, 2.24) is 9.80 Å². The Labute approximate surface area is 139 Å². The lowest BCUT2D eigenvalue weighted by molar-refractivity contribution is -0.130. The van der Waals surface area contributed by atoms with Gasteiger partial charge in [0.1, 0.15) is 0 Å². The fourth-order valence-electron chi connectivity index (χ4n) is 2.21. The minimum atomic E-state index is 0.0237. The summed E-state index contributed by atoms with van der Waals surface area (Å²) >= 11 is 8.23. The van der Waals surface area contributed by atoms with Crippen molar-refractivity contribution in [3.63, 3.8) is 0 Å². The number of ketones is 1. The molecular weight excluding hydrogens is 408 g/mol. The highest BCUT2D eigenvalue weighted by molar-refractivity contribution is 9.12. The summed E-state index contributed by atoms with van der Waals surface area (Å²) in [6.45, 7) is 2.25. The summed E-state index contributed by atoms with van der Waals surface area (Å²) in [4.78, 5) is 27.8. The third kappa shape index (κ3) is 4.13. The van der Waals surface area contributed by atoms with Crippen molar-refractivity contribution < 1.29 is 9.59 Å². The van der Waals surface area contributed by atoms with Crippen LogP contribution in [0.15, 0.2) is 13.6 Å². The van der Waals surface area contributed by atoms with E-state index >= 15 is 0 Å². The van der Waals surface area contributed by atoms with Gasteiger partial charge < -0.3 is 4.90 Å². The smallest absolute Gasteiger partial charge is 0.236 e. The Kier molecular flexibility index (Phi) is 5.77. The van der Waals surface area contributed by atoms with Gasteiger partial charge in [-0.1, -0.05) is 0 Å². The van der Waals surface area contributed by atoms with Crippen LogP contribution in [0.3, 0.4) is 0 Å². The minimum absolute atomic E-state index is 0.0237. The molecule has 0 spiro atoms. The molecule has 110 valence electrons. The average Bonchev–Trinajstić information content (AvgIpc) is 2.98. The molecule has 0 unspecified atom stereocenters. The number of amides is 1. The van der Waals surface area contributed by atoms with Gasteiger partial charge >= 0.3 is 0 Å². The second kappa shape index (κ2) is 7.15. The van der Waals surface area contributed by atoms with Gasteiger partial charge in [-0.05, 0) is 57.8 Å². The molecule has 0 radical (unpaired) electrons. The summed E-state index contributed by atoms with van der Waals surface area (Å²) in [5, 5.41) is 0. The van der Waals surface area contributed by atoms with Gasteiger partial charge in [0, 0.05) is 18.7 Å². The summed E-state index contributed by atoms with van der Waals surface area (Å²) in [5.74, 6) is 0.138. The average molecular weight is 424 g/mol. The summed E-state index contributed by atoms with van der Waals surface area (Å²) in [6.07, 6.45) is 2.18. The summed E-state index contributed by atoms with van der Waals surface area (Å²) in [5.41, 5.74) is 0.669. The van der Waals surface area contributed by atoms with Crippen molar-refractivity contribution in [1.29, 1.82) is 0 Å². The number of nitrogens with zero attached hydrogens (tertiary/aromatic N) is 2. The predicted octanol–water partition coefficient (Wildman–Crippen LogP) is 3.01. The molecule has 7 heteroatoms. The van der Waals surface area contributed by atoms with Crippen LogP contribution in [0, 0.1) is 0 Å². The Hall–Kier alpha value is -0.240. The van der Waals surface area contributed by atoms with E-state index in [0.717, 1.165) is 33.5 Å². The molecule has 4 nitrogen and oxygen atoms in total. The topological polar surface area (TPSA) is 40.6 Å². The van der Waals surface area contributed by atoms with E-state index in [-0.39, 0.29) is 18.2 Å². The van der Waals surface area contributed by atoms with Crippen LogP contribution < -0.4 is 0 Å². The zero-order chi connectivity index (χ0) is 14.7. The molecule has 1 saturated heterocycles. The Morgan fingerprint density at radius 3 is 2.50 bits per heavy atom. The van der Waals surface area contributed by atoms with E-state index in [0.29, 0.717) is 12.1 Å². The maximum atomic E-state index is 12.2. The van der Waals surface area contributed by atoms with Gasteiger partial charge in [-0.15, -0.1) is 11.3 Å². The number of hydrogen-bond donors (Lipinski definition) is 0. The SMILES string of the molecule is CN(CC(=O)c1cc(Br)sc1Br)CC(=O)N1CCCC1. The first-order valence-corrected chi connectivity index (χ1v) is 8.82. The van der Waals surface area contributed by atoms with E-state index in [2.05, 4.69) is 31.9 Å². The molecule has 1 aromatic rings. The minimum Gasteiger partial charge on any atom is -0.342 e. The first-order chi connectivity index (χ1) is 9.47. The van der Waals surface area contributed by atoms with E-state index in [1.165, 1.54) is 11.3 Å². The number of rotatable bonds is 5. The predicted molar refractivity (Wildman–Crippen MR) is 87.4 cm³/mol. The molecule has 0 aliphatic carbocycles. The molecule has 1 fully saturated rings. The number of likely N-dealkylation sites (N-methyl/N-ethyl adjacent to an activating group) is 1. The fourth-order valence-corrected chi connectivity index (χ4v) is 5.07. The monoisotopic (exact) mass is 422 g/mol. The highest BCUT2D eigenvalue weighted by Gasteiger charge is 2.21. The molecular formula is C13H16Br2N2O2S. The van der Waals surface area contributed by atoms with Gasteiger partial charge in [0.25, 0.3) is 0 Å². The first kappa shape index (κ1) is 16.1. The zero-order valence-corrected chi connectivity index (χ0v) is 15.2. The van der Waals surface area contributed by atoms with Gasteiger partial charge in [-0.3, -0.25) is 14.5 Å². The molecule has 0 N–H and O–H groups in total. The standard InChI is InChI=1S/C13H16Br2N2O2S/c1-16(8-12(19)17-4-2-3-5-17)7-10(18)9-6-11(14)20-13(9)15/h6H,2-5,7-8H2,1H3. The molecule has 2 heterocycles. The fraction of sp³-hybridized carbons (Fsp3) is 0.538. The lowest BCUT2D eigenvalue weighted by atomic mass is 10.2. The number of halogens is 2. The lowest BCUT2D eigenvalue weighted by Gasteiger charge is -2.20. The third-order valence-electron chi connectivity index (χ3n) is 3.23. The van der Waals surface area contributed by atoms with Crippen molar-refractivity contribution in [2.75, 3.05) is 33.2 Å². The molecule has 1 aliphatic rings. The number of hydrogen-bond acceptors (Lipinski definition) is 4. The maximum Gasteiger partial charge on any atom is 0.236 e. The Bertz CT molecular complexity index is 512. The van der Waals surface area contributed by atoms with E-state index < -0.39 is 0 Å². The summed E-state index contributed by atoms with van der Waals surface area (Å²) in [6, 6.07) is 1.81. The number of carbonyl (C=O) groups excluding carboxylic acids is 2. The highest BCUT2D eigenvalue weighted by atomic mass is 79.9. The van der Waals surface area contributed by atoms with E-state index in [1.807, 2.05) is 11.0 Å². The molecule has 0 bridgehead atoms. The van der Waals surface area contributed by atoms with Crippen LogP contribution in [0.4, 0.5) is 0 Å². The largest absolute Gasteiger partial charge is 0.342 e. The summed E-state index contributed by atoms with van der Waals surface area (Å²) < 4.78 is 1.75. The normalized spacial score (nSPS) is 15.1. The van der Waals surface area contributed by atoms with Gasteiger partial charge in [0.15, 0.2) is 5.78 Å². The Morgan fingerprint density at radius 2 is 1.95 bits per heavy atom. The molecule has 1 amide bonds. The van der Waals surface area contributed by atoms with Crippen LogP contribution in [0.1, 0.15) is 23.2 Å². The quantitative estimate of drug-likeness (QED) is 0.683. The molecule has 20 heavy (non-hydrogen) atoms. The van der Waals surface area contributed by atoms with E-state index in [4.69, 9.17) is 0 Å². The number of likely N-dealkylation sites (tertiary alicyclic amines) is 1. The first-order valence-electron chi connectivity index (χ1n) is 6.41. The van der Waals surface area contributed by atoms with Crippen molar-refractivity contribution >= 4 is 54.9 Å². The Balaban J connectivity index is 1.87. The molecule has 2 rings (SSSR count). The molecule has 0 atom stereocenters. The Morgan fingerprint density at radius 1 is 1.30 bits per heavy atom. The van der Waals surface area contributed by atoms with Gasteiger partial charge in [-0.25, -0.2) is 0 Å². The molecule has 1 aliphatic heterocycles. The second-order valence-electron chi connectivity index (χ2n) is 4.92. The zero-order valence-electron chi connectivity index (χ0n) is 11.2. The molecule has 0 saturated carbocycles. The van der Waals surface area contributed by atoms with Crippen molar-refractivity contribution in [3.8, 4) is 0 Å². The molecule has 0 aromatic carbocycles. The van der Waals surface area contributed by atoms with Crippen molar-refractivity contribution in [2.24, 2.45) is 0 Å². The van der Waals surface area contributed by atoms with Gasteiger partial charge in [0.2, 0.25) is 5.91 Å². The second-order valence-corrected chi connectivity index (χ2v) is 8.67. The number of Topliss-reactive ketones (excluding diaryl/α,β-unsaturated/α-hetero) is 1. The molecule has 1 aromatic heterocycles. The van der Waals surface area contributed by atoms with E-state index in [1.54, 1.807) is 11.9 Å². The van der Waals surface area contributed by atoms with Gasteiger partial charge in [-0.2, -0.15) is 0 Å². The van der Waals surface area contributed by atoms with Gasteiger partial charge in [0.05, 0.1) is 20.7 Å². The van der Waals surface area contributed by atoms with Crippen molar-refractivity contribution in [2.45, 2.75) is 12.8 Å². The van der Waals surface area contributed by atoms with Crippen molar-refractivity contribution in [3.05, 3.63) is 19.2 Å². The van der Waals surface area contributed by atoms with Crippen LogP contribution in [-0.4, -0.2) is 54.7 Å². The van der Waals surface area contributed by atoms with Crippen LogP contribution in [-0.2, 0) is 4.79 Å².